The minimum absolute atomic E-state index is 0.941. The highest BCUT2D eigenvalue weighted by Crippen LogP contribution is 2.33. The van der Waals surface area contributed by atoms with Crippen LogP contribution < -0.4 is 0 Å². The molecule has 0 saturated carbocycles. The zero-order valence-electron chi connectivity index (χ0n) is 12.7. The molecule has 0 atom stereocenters. The van der Waals surface area contributed by atoms with Gasteiger partial charge in [0, 0.05) is 18.7 Å². The van der Waals surface area contributed by atoms with E-state index in [0.29, 0.717) is 0 Å². The van der Waals surface area contributed by atoms with Gasteiger partial charge in [-0.2, -0.15) is 0 Å². The van der Waals surface area contributed by atoms with Crippen LogP contribution >= 0.6 is 0 Å². The standard InChI is InChI=1S/C18H21N3/c1-14-9-10-16(15(2)13-14)17-7-3-4-8-18(17)19-20-21-11-5-6-12-21/h3-4,7-10,13H,5-6,11-12H2,1-2H3. The first-order valence-corrected chi connectivity index (χ1v) is 7.57. The molecular formula is C18H21N3. The van der Waals surface area contributed by atoms with Crippen molar-refractivity contribution in [3.63, 3.8) is 0 Å². The van der Waals surface area contributed by atoms with Crippen LogP contribution in [-0.2, 0) is 0 Å². The number of benzene rings is 2. The Morgan fingerprint density at radius 3 is 2.43 bits per heavy atom. The molecule has 0 bridgehead atoms. The lowest BCUT2D eigenvalue weighted by Crippen LogP contribution is -2.09. The Hall–Kier alpha value is -2.16. The molecule has 3 rings (SSSR count). The number of nitrogens with zero attached hydrogens (tertiary/aromatic N) is 3. The van der Waals surface area contributed by atoms with Crippen LogP contribution in [0.4, 0.5) is 5.69 Å². The van der Waals surface area contributed by atoms with E-state index in [4.69, 9.17) is 0 Å². The van der Waals surface area contributed by atoms with Crippen molar-refractivity contribution in [1.82, 2.24) is 5.01 Å². The van der Waals surface area contributed by atoms with Crippen LogP contribution in [0, 0.1) is 13.8 Å². The third-order valence-electron chi connectivity index (χ3n) is 3.94. The summed E-state index contributed by atoms with van der Waals surface area (Å²) >= 11 is 0. The van der Waals surface area contributed by atoms with Crippen molar-refractivity contribution in [3.8, 4) is 11.1 Å². The maximum absolute atomic E-state index is 4.48. The van der Waals surface area contributed by atoms with Crippen molar-refractivity contribution >= 4 is 5.69 Å². The molecule has 3 heteroatoms. The molecule has 1 saturated heterocycles. The predicted octanol–water partition coefficient (Wildman–Crippen LogP) is 5.06. The first-order chi connectivity index (χ1) is 10.2. The molecule has 3 nitrogen and oxygen atoms in total. The summed E-state index contributed by atoms with van der Waals surface area (Å²) in [4.78, 5) is 0. The molecule has 2 aromatic carbocycles. The Morgan fingerprint density at radius 2 is 1.67 bits per heavy atom. The van der Waals surface area contributed by atoms with Gasteiger partial charge in [-0.1, -0.05) is 47.2 Å². The van der Waals surface area contributed by atoms with Gasteiger partial charge in [0.15, 0.2) is 0 Å². The Labute approximate surface area is 126 Å². The summed E-state index contributed by atoms with van der Waals surface area (Å²) < 4.78 is 0. The van der Waals surface area contributed by atoms with Crippen LogP contribution in [0.5, 0.6) is 0 Å². The summed E-state index contributed by atoms with van der Waals surface area (Å²) in [6, 6.07) is 14.8. The van der Waals surface area contributed by atoms with Crippen molar-refractivity contribution < 1.29 is 0 Å². The van der Waals surface area contributed by atoms with Crippen molar-refractivity contribution in [2.75, 3.05) is 13.1 Å². The molecule has 1 fully saturated rings. The molecule has 0 aliphatic carbocycles. The molecule has 0 spiro atoms. The van der Waals surface area contributed by atoms with Crippen LogP contribution in [-0.4, -0.2) is 18.1 Å². The van der Waals surface area contributed by atoms with Gasteiger partial charge in [0.2, 0.25) is 0 Å². The first kappa shape index (κ1) is 13.8. The first-order valence-electron chi connectivity index (χ1n) is 7.57. The number of hydrogen-bond donors (Lipinski definition) is 0. The van der Waals surface area contributed by atoms with Crippen LogP contribution in [0.1, 0.15) is 24.0 Å². The van der Waals surface area contributed by atoms with Gasteiger partial charge in [-0.15, -0.1) is 5.11 Å². The third kappa shape index (κ3) is 3.13. The highest BCUT2D eigenvalue weighted by Gasteiger charge is 2.10. The Bertz CT molecular complexity index is 655. The summed E-state index contributed by atoms with van der Waals surface area (Å²) in [5.74, 6) is 0. The minimum atomic E-state index is 0.941. The van der Waals surface area contributed by atoms with Crippen molar-refractivity contribution in [3.05, 3.63) is 53.6 Å². The number of rotatable bonds is 3. The fourth-order valence-corrected chi connectivity index (χ4v) is 2.81. The van der Waals surface area contributed by atoms with Crippen molar-refractivity contribution in [2.24, 2.45) is 10.3 Å². The van der Waals surface area contributed by atoms with E-state index in [1.807, 2.05) is 12.1 Å². The van der Waals surface area contributed by atoms with Crippen molar-refractivity contribution in [2.45, 2.75) is 26.7 Å². The lowest BCUT2D eigenvalue weighted by Gasteiger charge is -2.11. The Morgan fingerprint density at radius 1 is 0.905 bits per heavy atom. The van der Waals surface area contributed by atoms with Crippen LogP contribution in [0.15, 0.2) is 52.8 Å². The molecule has 108 valence electrons. The van der Waals surface area contributed by atoms with Gasteiger partial charge in [0.05, 0.1) is 5.69 Å². The second kappa shape index (κ2) is 6.08. The second-order valence-corrected chi connectivity index (χ2v) is 5.69. The molecule has 1 aliphatic heterocycles. The van der Waals surface area contributed by atoms with Crippen LogP contribution in [0.25, 0.3) is 11.1 Å². The van der Waals surface area contributed by atoms with E-state index in [0.717, 1.165) is 24.3 Å². The molecular weight excluding hydrogens is 258 g/mol. The molecule has 1 aliphatic rings. The summed E-state index contributed by atoms with van der Waals surface area (Å²) in [6.07, 6.45) is 2.44. The average molecular weight is 279 g/mol. The van der Waals surface area contributed by atoms with E-state index in [9.17, 15) is 0 Å². The second-order valence-electron chi connectivity index (χ2n) is 5.69. The van der Waals surface area contributed by atoms with Gasteiger partial charge in [-0.3, -0.25) is 5.01 Å². The monoisotopic (exact) mass is 279 g/mol. The maximum Gasteiger partial charge on any atom is 0.0952 e. The van der Waals surface area contributed by atoms with Crippen LogP contribution in [0.3, 0.4) is 0 Å². The summed E-state index contributed by atoms with van der Waals surface area (Å²) in [6.45, 7) is 6.32. The SMILES string of the molecule is Cc1ccc(-c2ccccc2N=NN2CCCC2)c(C)c1. The van der Waals surface area contributed by atoms with Gasteiger partial charge in [-0.05, 0) is 43.9 Å². The highest BCUT2D eigenvalue weighted by atomic mass is 15.5. The molecule has 1 heterocycles. The fraction of sp³-hybridized carbons (Fsp3) is 0.333. The predicted molar refractivity (Wildman–Crippen MR) is 86.7 cm³/mol. The topological polar surface area (TPSA) is 28.0 Å². The smallest absolute Gasteiger partial charge is 0.0952 e. The molecule has 21 heavy (non-hydrogen) atoms. The van der Waals surface area contributed by atoms with E-state index in [1.165, 1.54) is 29.5 Å². The molecule has 0 N–H and O–H groups in total. The van der Waals surface area contributed by atoms with Gasteiger partial charge in [0.25, 0.3) is 0 Å². The summed E-state index contributed by atoms with van der Waals surface area (Å²) in [5, 5.41) is 10.9. The maximum atomic E-state index is 4.48. The minimum Gasteiger partial charge on any atom is -0.278 e. The van der Waals surface area contributed by atoms with E-state index < -0.39 is 0 Å². The van der Waals surface area contributed by atoms with Crippen molar-refractivity contribution in [1.29, 1.82) is 0 Å². The average Bonchev–Trinajstić information content (AvgIpc) is 2.99. The third-order valence-corrected chi connectivity index (χ3v) is 3.94. The summed E-state index contributed by atoms with van der Waals surface area (Å²) in [7, 11) is 0. The highest BCUT2D eigenvalue weighted by molar-refractivity contribution is 5.77. The van der Waals surface area contributed by atoms with E-state index in [1.54, 1.807) is 0 Å². The quantitative estimate of drug-likeness (QED) is 0.721. The zero-order valence-corrected chi connectivity index (χ0v) is 12.7. The van der Waals surface area contributed by atoms with Gasteiger partial charge < -0.3 is 0 Å². The molecule has 0 aromatic heterocycles. The lowest BCUT2D eigenvalue weighted by molar-refractivity contribution is 0.337. The molecule has 0 amide bonds. The Balaban J connectivity index is 1.95. The lowest BCUT2D eigenvalue weighted by atomic mass is 9.97. The van der Waals surface area contributed by atoms with E-state index in [2.05, 4.69) is 59.5 Å². The number of aryl methyl sites for hydroxylation is 2. The van der Waals surface area contributed by atoms with E-state index >= 15 is 0 Å². The number of hydrogen-bond acceptors (Lipinski definition) is 2. The Kier molecular flexibility index (Phi) is 4.00. The van der Waals surface area contributed by atoms with Gasteiger partial charge >= 0.3 is 0 Å². The van der Waals surface area contributed by atoms with Gasteiger partial charge in [0.1, 0.15) is 0 Å². The van der Waals surface area contributed by atoms with Crippen LogP contribution in [0.2, 0.25) is 0 Å². The zero-order chi connectivity index (χ0) is 14.7. The fourth-order valence-electron chi connectivity index (χ4n) is 2.81. The largest absolute Gasteiger partial charge is 0.278 e. The van der Waals surface area contributed by atoms with Gasteiger partial charge in [-0.25, -0.2) is 0 Å². The normalized spacial score (nSPS) is 15.0. The summed E-state index contributed by atoms with van der Waals surface area (Å²) in [5.41, 5.74) is 5.89. The molecule has 2 aromatic rings. The molecule has 0 radical (unpaired) electrons. The van der Waals surface area contributed by atoms with E-state index in [-0.39, 0.29) is 0 Å². The molecule has 0 unspecified atom stereocenters.